The lowest BCUT2D eigenvalue weighted by molar-refractivity contribution is 0.560. The molecule has 0 spiro atoms. The highest BCUT2D eigenvalue weighted by atomic mass is 16.2. The lowest BCUT2D eigenvalue weighted by Crippen LogP contribution is -2.44. The minimum absolute atomic E-state index is 0.111. The Kier molecular flexibility index (Phi) is 2.78. The zero-order valence-corrected chi connectivity index (χ0v) is 9.06. The smallest absolute Gasteiger partial charge is 0.342 e. The maximum absolute atomic E-state index is 11.5. The number of aromatic amines is 2. The fraction of sp³-hybridized carbons (Fsp3) is 0.667. The lowest BCUT2D eigenvalue weighted by Gasteiger charge is -2.26. The minimum atomic E-state index is -0.599. The number of nitrogens with two attached hydrogens (primary N) is 1. The summed E-state index contributed by atoms with van der Waals surface area (Å²) in [7, 11) is 1.77. The first-order chi connectivity index (χ1) is 7.63. The third kappa shape index (κ3) is 1.99. The first-order valence-electron chi connectivity index (χ1n) is 5.25. The molecule has 1 atom stereocenters. The van der Waals surface area contributed by atoms with Crippen LogP contribution in [0.25, 0.3) is 0 Å². The minimum Gasteiger partial charge on any atom is -0.349 e. The van der Waals surface area contributed by atoms with Gasteiger partial charge in [0.05, 0.1) is 0 Å². The molecule has 7 heteroatoms. The van der Waals surface area contributed by atoms with Crippen LogP contribution in [0.3, 0.4) is 0 Å². The van der Waals surface area contributed by atoms with Crippen LogP contribution in [0, 0.1) is 5.92 Å². The average molecular weight is 225 g/mol. The van der Waals surface area contributed by atoms with Crippen LogP contribution < -0.4 is 21.9 Å². The predicted molar refractivity (Wildman–Crippen MR) is 59.4 cm³/mol. The van der Waals surface area contributed by atoms with E-state index in [0.717, 1.165) is 12.8 Å². The van der Waals surface area contributed by atoms with Gasteiger partial charge in [-0.1, -0.05) is 0 Å². The molecule has 1 fully saturated rings. The number of hydrogen-bond acceptors (Lipinski definition) is 5. The van der Waals surface area contributed by atoms with E-state index in [1.165, 1.54) is 0 Å². The normalized spacial score (nSPS) is 17.1. The molecule has 4 N–H and O–H groups in total. The van der Waals surface area contributed by atoms with E-state index in [1.54, 1.807) is 11.9 Å². The number of aromatic nitrogens is 3. The lowest BCUT2D eigenvalue weighted by atomic mass is 10.1. The van der Waals surface area contributed by atoms with E-state index in [0.29, 0.717) is 12.5 Å². The van der Waals surface area contributed by atoms with Crippen LogP contribution in [0.4, 0.5) is 5.82 Å². The molecule has 16 heavy (non-hydrogen) atoms. The SMILES string of the molecule is CN(c1n[nH]c(=O)[nH]c1=O)C(CN)C1CC1. The summed E-state index contributed by atoms with van der Waals surface area (Å²) >= 11 is 0. The third-order valence-electron chi connectivity index (χ3n) is 2.93. The van der Waals surface area contributed by atoms with Crippen molar-refractivity contribution in [1.82, 2.24) is 15.2 Å². The highest BCUT2D eigenvalue weighted by molar-refractivity contribution is 5.35. The van der Waals surface area contributed by atoms with Gasteiger partial charge in [0.15, 0.2) is 0 Å². The molecule has 1 aliphatic carbocycles. The van der Waals surface area contributed by atoms with E-state index in [9.17, 15) is 9.59 Å². The molecule has 1 aromatic heterocycles. The monoisotopic (exact) mass is 225 g/mol. The van der Waals surface area contributed by atoms with Crippen molar-refractivity contribution in [3.8, 4) is 0 Å². The number of nitrogens with one attached hydrogen (secondary N) is 2. The van der Waals surface area contributed by atoms with Crippen LogP contribution >= 0.6 is 0 Å². The number of anilines is 1. The summed E-state index contributed by atoms with van der Waals surface area (Å²) in [6.45, 7) is 0.474. The maximum Gasteiger partial charge on any atom is 0.342 e. The first-order valence-corrected chi connectivity index (χ1v) is 5.25. The van der Waals surface area contributed by atoms with E-state index in [4.69, 9.17) is 5.73 Å². The fourth-order valence-corrected chi connectivity index (χ4v) is 1.89. The van der Waals surface area contributed by atoms with Crippen LogP contribution in [-0.2, 0) is 0 Å². The van der Waals surface area contributed by atoms with Crippen LogP contribution in [0.15, 0.2) is 9.59 Å². The van der Waals surface area contributed by atoms with Gasteiger partial charge in [0.25, 0.3) is 5.56 Å². The van der Waals surface area contributed by atoms with Gasteiger partial charge in [-0.15, -0.1) is 5.10 Å². The number of hydrogen-bond donors (Lipinski definition) is 3. The summed E-state index contributed by atoms with van der Waals surface area (Å²) in [6, 6.07) is 0.111. The molecule has 1 aliphatic rings. The van der Waals surface area contributed by atoms with E-state index < -0.39 is 11.2 Å². The van der Waals surface area contributed by atoms with Crippen LogP contribution in [-0.4, -0.2) is 34.8 Å². The molecule has 2 rings (SSSR count). The summed E-state index contributed by atoms with van der Waals surface area (Å²) < 4.78 is 0. The molecule has 7 nitrogen and oxygen atoms in total. The van der Waals surface area contributed by atoms with Gasteiger partial charge in [-0.2, -0.15) is 0 Å². The van der Waals surface area contributed by atoms with Crippen molar-refractivity contribution in [2.24, 2.45) is 11.7 Å². The molecule has 0 aliphatic heterocycles. The third-order valence-corrected chi connectivity index (χ3v) is 2.93. The zero-order valence-electron chi connectivity index (χ0n) is 9.06. The van der Waals surface area contributed by atoms with Crippen LogP contribution in [0.1, 0.15) is 12.8 Å². The summed E-state index contributed by atoms with van der Waals surface area (Å²) in [5, 5.41) is 5.96. The summed E-state index contributed by atoms with van der Waals surface area (Å²) in [4.78, 5) is 26.2. The Morgan fingerprint density at radius 1 is 1.56 bits per heavy atom. The Morgan fingerprint density at radius 2 is 2.25 bits per heavy atom. The molecule has 0 bridgehead atoms. The summed E-state index contributed by atoms with van der Waals surface area (Å²) in [6.07, 6.45) is 2.26. The maximum atomic E-state index is 11.5. The van der Waals surface area contributed by atoms with Crippen molar-refractivity contribution in [1.29, 1.82) is 0 Å². The summed E-state index contributed by atoms with van der Waals surface area (Å²) in [5.41, 5.74) is 4.60. The highest BCUT2D eigenvalue weighted by Crippen LogP contribution is 2.34. The number of nitrogens with zero attached hydrogens (tertiary/aromatic N) is 2. The Labute approximate surface area is 91.7 Å². The molecular formula is C9H15N5O2. The number of H-pyrrole nitrogens is 2. The summed E-state index contributed by atoms with van der Waals surface area (Å²) in [5.74, 6) is 0.741. The van der Waals surface area contributed by atoms with Gasteiger partial charge >= 0.3 is 5.69 Å². The Hall–Kier alpha value is -1.63. The average Bonchev–Trinajstić information content (AvgIpc) is 3.02. The van der Waals surface area contributed by atoms with E-state index in [-0.39, 0.29) is 11.9 Å². The molecule has 0 aromatic carbocycles. The second-order valence-corrected chi connectivity index (χ2v) is 4.08. The molecule has 88 valence electrons. The molecule has 1 saturated carbocycles. The molecule has 0 amide bonds. The molecule has 1 heterocycles. The Bertz CT molecular complexity index is 475. The fourth-order valence-electron chi connectivity index (χ4n) is 1.89. The number of rotatable bonds is 4. The Morgan fingerprint density at radius 3 is 2.75 bits per heavy atom. The van der Waals surface area contributed by atoms with Gasteiger partial charge in [0.1, 0.15) is 0 Å². The van der Waals surface area contributed by atoms with Crippen molar-refractivity contribution in [2.75, 3.05) is 18.5 Å². The highest BCUT2D eigenvalue weighted by Gasteiger charge is 2.34. The first kappa shape index (κ1) is 10.9. The Balaban J connectivity index is 2.28. The molecule has 0 radical (unpaired) electrons. The number of likely N-dealkylation sites (N-methyl/N-ethyl adjacent to an activating group) is 1. The largest absolute Gasteiger partial charge is 0.349 e. The van der Waals surface area contributed by atoms with Gasteiger partial charge in [-0.25, -0.2) is 9.89 Å². The topological polar surface area (TPSA) is 108 Å². The quantitative estimate of drug-likeness (QED) is 0.586. The molecule has 1 aromatic rings. The zero-order chi connectivity index (χ0) is 11.7. The van der Waals surface area contributed by atoms with Crippen molar-refractivity contribution in [2.45, 2.75) is 18.9 Å². The van der Waals surface area contributed by atoms with Crippen LogP contribution in [0.5, 0.6) is 0 Å². The second kappa shape index (κ2) is 4.09. The predicted octanol–water partition coefficient (Wildman–Crippen LogP) is -1.37. The van der Waals surface area contributed by atoms with Gasteiger partial charge in [-0.3, -0.25) is 9.78 Å². The second-order valence-electron chi connectivity index (χ2n) is 4.08. The molecule has 1 unspecified atom stereocenters. The van der Waals surface area contributed by atoms with Crippen molar-refractivity contribution in [3.63, 3.8) is 0 Å². The van der Waals surface area contributed by atoms with E-state index in [2.05, 4.69) is 15.2 Å². The van der Waals surface area contributed by atoms with Gasteiger partial charge in [-0.05, 0) is 18.8 Å². The van der Waals surface area contributed by atoms with Crippen LogP contribution in [0.2, 0.25) is 0 Å². The standard InChI is InChI=1S/C9H15N5O2/c1-14(6(4-10)5-2-3-5)7-8(15)11-9(16)13-12-7/h5-6H,2-4,10H2,1H3,(H2,11,13,15,16). The van der Waals surface area contributed by atoms with E-state index >= 15 is 0 Å². The van der Waals surface area contributed by atoms with Crippen molar-refractivity contribution >= 4 is 5.82 Å². The van der Waals surface area contributed by atoms with Gasteiger partial charge in [0, 0.05) is 19.6 Å². The van der Waals surface area contributed by atoms with E-state index in [1.807, 2.05) is 0 Å². The van der Waals surface area contributed by atoms with Gasteiger partial charge < -0.3 is 10.6 Å². The molecule has 0 saturated heterocycles. The molecular weight excluding hydrogens is 210 g/mol. The van der Waals surface area contributed by atoms with Gasteiger partial charge in [0.2, 0.25) is 5.82 Å². The van der Waals surface area contributed by atoms with Crippen molar-refractivity contribution in [3.05, 3.63) is 20.8 Å². The van der Waals surface area contributed by atoms with Crippen molar-refractivity contribution < 1.29 is 0 Å².